The van der Waals surface area contributed by atoms with Crippen LogP contribution >= 0.6 is 11.3 Å². The minimum atomic E-state index is -0.854. The maximum absolute atomic E-state index is 12.3. The lowest BCUT2D eigenvalue weighted by atomic mass is 10.0. The number of nitriles is 1. The van der Waals surface area contributed by atoms with E-state index in [1.807, 2.05) is 6.07 Å². The Labute approximate surface area is 167 Å². The van der Waals surface area contributed by atoms with Gasteiger partial charge in [0, 0.05) is 5.69 Å². The van der Waals surface area contributed by atoms with Crippen LogP contribution in [-0.4, -0.2) is 30.4 Å². The van der Waals surface area contributed by atoms with Gasteiger partial charge in [0.15, 0.2) is 6.61 Å². The summed E-state index contributed by atoms with van der Waals surface area (Å²) < 4.78 is 5.07. The van der Waals surface area contributed by atoms with Crippen LogP contribution in [0.5, 0.6) is 0 Å². The van der Waals surface area contributed by atoms with E-state index in [0.717, 1.165) is 5.56 Å². The smallest absolute Gasteiger partial charge is 0.329 e. The molecule has 7 nitrogen and oxygen atoms in total. The van der Waals surface area contributed by atoms with Crippen LogP contribution in [0.25, 0.3) is 0 Å². The fourth-order valence-electron chi connectivity index (χ4n) is 2.34. The van der Waals surface area contributed by atoms with Crippen LogP contribution in [0.15, 0.2) is 41.8 Å². The molecule has 0 spiro atoms. The third-order valence-corrected chi connectivity index (χ3v) is 4.69. The highest BCUT2D eigenvalue weighted by Crippen LogP contribution is 2.12. The molecular weight excluding hydrogens is 378 g/mol. The molecule has 1 aromatic heterocycles. The summed E-state index contributed by atoms with van der Waals surface area (Å²) in [4.78, 5) is 37.0. The third kappa shape index (κ3) is 6.21. The molecule has 2 amide bonds. The molecule has 0 saturated heterocycles. The zero-order valence-electron chi connectivity index (χ0n) is 15.6. The van der Waals surface area contributed by atoms with E-state index in [9.17, 15) is 14.4 Å². The Morgan fingerprint density at radius 1 is 1.18 bits per heavy atom. The number of rotatable bonds is 8. The van der Waals surface area contributed by atoms with Crippen molar-refractivity contribution in [2.45, 2.75) is 26.3 Å². The van der Waals surface area contributed by atoms with Gasteiger partial charge in [-0.05, 0) is 35.1 Å². The summed E-state index contributed by atoms with van der Waals surface area (Å²) in [5.41, 5.74) is 1.38. The first-order valence-corrected chi connectivity index (χ1v) is 9.55. The van der Waals surface area contributed by atoms with Crippen molar-refractivity contribution in [1.82, 2.24) is 5.32 Å². The lowest BCUT2D eigenvalue weighted by Gasteiger charge is -2.20. The second kappa shape index (κ2) is 10.2. The Bertz CT molecular complexity index is 855. The molecule has 0 aliphatic heterocycles. The summed E-state index contributed by atoms with van der Waals surface area (Å²) in [6, 6.07) is 11.4. The van der Waals surface area contributed by atoms with Crippen molar-refractivity contribution in [1.29, 1.82) is 5.26 Å². The van der Waals surface area contributed by atoms with Gasteiger partial charge in [-0.2, -0.15) is 5.26 Å². The first-order valence-electron chi connectivity index (χ1n) is 8.67. The molecule has 0 fully saturated rings. The number of amides is 2. The van der Waals surface area contributed by atoms with Gasteiger partial charge < -0.3 is 15.4 Å². The summed E-state index contributed by atoms with van der Waals surface area (Å²) in [5, 5.41) is 15.7. The molecule has 28 heavy (non-hydrogen) atoms. The monoisotopic (exact) mass is 399 g/mol. The van der Waals surface area contributed by atoms with Crippen molar-refractivity contribution in [2.75, 3.05) is 11.9 Å². The Morgan fingerprint density at radius 3 is 2.46 bits per heavy atom. The summed E-state index contributed by atoms with van der Waals surface area (Å²) in [5.74, 6) is -1.72. The number of carbonyl (C=O) groups excluding carboxylic acids is 3. The second-order valence-corrected chi connectivity index (χ2v) is 7.31. The summed E-state index contributed by atoms with van der Waals surface area (Å²) in [6.07, 6.45) is 0.291. The fraction of sp³-hybridized carbons (Fsp3) is 0.300. The Balaban J connectivity index is 1.86. The molecule has 0 aliphatic carbocycles. The summed E-state index contributed by atoms with van der Waals surface area (Å²) in [7, 11) is 0. The molecule has 8 heteroatoms. The zero-order valence-corrected chi connectivity index (χ0v) is 16.4. The molecule has 2 aromatic rings. The average Bonchev–Trinajstić information content (AvgIpc) is 3.20. The number of hydrogen-bond donors (Lipinski definition) is 2. The van der Waals surface area contributed by atoms with Crippen LogP contribution in [0, 0.1) is 17.2 Å². The number of benzene rings is 1. The summed E-state index contributed by atoms with van der Waals surface area (Å²) >= 11 is 1.27. The van der Waals surface area contributed by atoms with Crippen LogP contribution in [0.4, 0.5) is 5.69 Å². The van der Waals surface area contributed by atoms with Gasteiger partial charge in [-0.1, -0.05) is 32.0 Å². The van der Waals surface area contributed by atoms with Gasteiger partial charge >= 0.3 is 5.97 Å². The molecule has 1 aromatic carbocycles. The Hall–Kier alpha value is -3.18. The third-order valence-electron chi connectivity index (χ3n) is 3.82. The van der Waals surface area contributed by atoms with Gasteiger partial charge in [0.05, 0.1) is 17.4 Å². The number of carbonyl (C=O) groups is 3. The number of nitrogens with zero attached hydrogens (tertiary/aromatic N) is 1. The number of anilines is 1. The predicted molar refractivity (Wildman–Crippen MR) is 106 cm³/mol. The first kappa shape index (κ1) is 21.1. The zero-order chi connectivity index (χ0) is 20.5. The molecule has 0 bridgehead atoms. The molecule has 1 atom stereocenters. The number of nitrogens with one attached hydrogen (secondary N) is 2. The van der Waals surface area contributed by atoms with Crippen LogP contribution in [-0.2, 0) is 20.7 Å². The predicted octanol–water partition coefficient (Wildman–Crippen LogP) is 2.75. The van der Waals surface area contributed by atoms with E-state index in [0.29, 0.717) is 17.0 Å². The minimum Gasteiger partial charge on any atom is -0.454 e. The largest absolute Gasteiger partial charge is 0.454 e. The van der Waals surface area contributed by atoms with Crippen molar-refractivity contribution in [3.8, 4) is 6.07 Å². The minimum absolute atomic E-state index is 0.202. The molecule has 0 aliphatic rings. The SMILES string of the molecule is CC(C)[C@@H](NC(=O)c1cccs1)C(=O)OCC(=O)Nc1ccc(CC#N)cc1. The molecule has 146 valence electrons. The van der Waals surface area contributed by atoms with E-state index < -0.39 is 24.5 Å². The molecular formula is C20H21N3O4S. The molecule has 0 radical (unpaired) electrons. The normalized spacial score (nSPS) is 11.4. The van der Waals surface area contributed by atoms with Crippen LogP contribution in [0.3, 0.4) is 0 Å². The van der Waals surface area contributed by atoms with E-state index in [1.165, 1.54) is 11.3 Å². The van der Waals surface area contributed by atoms with E-state index in [1.54, 1.807) is 55.6 Å². The van der Waals surface area contributed by atoms with Crippen molar-refractivity contribution in [2.24, 2.45) is 5.92 Å². The molecule has 1 heterocycles. The van der Waals surface area contributed by atoms with Crippen molar-refractivity contribution >= 4 is 34.8 Å². The van der Waals surface area contributed by atoms with Gasteiger partial charge in [0.1, 0.15) is 6.04 Å². The van der Waals surface area contributed by atoms with Crippen molar-refractivity contribution in [3.63, 3.8) is 0 Å². The average molecular weight is 399 g/mol. The lowest BCUT2D eigenvalue weighted by molar-refractivity contribution is -0.150. The summed E-state index contributed by atoms with van der Waals surface area (Å²) in [6.45, 7) is 3.10. The van der Waals surface area contributed by atoms with Crippen LogP contribution in [0.2, 0.25) is 0 Å². The van der Waals surface area contributed by atoms with Gasteiger partial charge in [-0.15, -0.1) is 11.3 Å². The fourth-order valence-corrected chi connectivity index (χ4v) is 2.97. The molecule has 2 N–H and O–H groups in total. The first-order chi connectivity index (χ1) is 13.4. The van der Waals surface area contributed by atoms with E-state index in [4.69, 9.17) is 10.00 Å². The maximum atomic E-state index is 12.3. The highest BCUT2D eigenvalue weighted by molar-refractivity contribution is 7.12. The molecule has 2 rings (SSSR count). The van der Waals surface area contributed by atoms with Crippen LogP contribution in [0.1, 0.15) is 29.1 Å². The standard InChI is InChI=1S/C20H21N3O4S/c1-13(2)18(23-19(25)16-4-3-11-28-16)20(26)27-12-17(24)22-15-7-5-14(6-8-15)9-10-21/h3-8,11,13,18H,9,12H2,1-2H3,(H,22,24)(H,23,25)/t18-/m1/s1. The Kier molecular flexibility index (Phi) is 7.72. The van der Waals surface area contributed by atoms with Crippen molar-refractivity contribution < 1.29 is 19.1 Å². The highest BCUT2D eigenvalue weighted by atomic mass is 32.1. The topological polar surface area (TPSA) is 108 Å². The van der Waals surface area contributed by atoms with Gasteiger partial charge in [-0.25, -0.2) is 4.79 Å². The van der Waals surface area contributed by atoms with Gasteiger partial charge in [0.25, 0.3) is 11.8 Å². The number of ether oxygens (including phenoxy) is 1. The molecule has 0 saturated carbocycles. The molecule has 0 unspecified atom stereocenters. The van der Waals surface area contributed by atoms with Crippen LogP contribution < -0.4 is 10.6 Å². The number of hydrogen-bond acceptors (Lipinski definition) is 6. The van der Waals surface area contributed by atoms with Gasteiger partial charge in [0.2, 0.25) is 0 Å². The Morgan fingerprint density at radius 2 is 1.89 bits per heavy atom. The maximum Gasteiger partial charge on any atom is 0.329 e. The number of esters is 1. The quantitative estimate of drug-likeness (QED) is 0.664. The second-order valence-electron chi connectivity index (χ2n) is 6.36. The van der Waals surface area contributed by atoms with E-state index in [-0.39, 0.29) is 11.8 Å². The number of thiophene rings is 1. The van der Waals surface area contributed by atoms with E-state index in [2.05, 4.69) is 10.6 Å². The van der Waals surface area contributed by atoms with Gasteiger partial charge in [-0.3, -0.25) is 9.59 Å². The highest BCUT2D eigenvalue weighted by Gasteiger charge is 2.27. The van der Waals surface area contributed by atoms with E-state index >= 15 is 0 Å². The lowest BCUT2D eigenvalue weighted by Crippen LogP contribution is -2.45. The van der Waals surface area contributed by atoms with Crippen molar-refractivity contribution in [3.05, 3.63) is 52.2 Å².